The highest BCUT2D eigenvalue weighted by Gasteiger charge is 2.03. The maximum Gasteiger partial charge on any atom is 0.129 e. The van der Waals surface area contributed by atoms with Crippen LogP contribution in [0.15, 0.2) is 30.3 Å². The molecule has 0 spiro atoms. The Morgan fingerprint density at radius 2 is 2.12 bits per heavy atom. The fourth-order valence-electron chi connectivity index (χ4n) is 1.55. The van der Waals surface area contributed by atoms with E-state index >= 15 is 0 Å². The van der Waals surface area contributed by atoms with E-state index in [0.717, 1.165) is 5.69 Å². The molecule has 0 aliphatic rings. The molecule has 0 fully saturated rings. The number of halogens is 1. The van der Waals surface area contributed by atoms with Gasteiger partial charge in [0.2, 0.25) is 0 Å². The highest BCUT2D eigenvalue weighted by molar-refractivity contribution is 7.71. The molecule has 0 aliphatic heterocycles. The van der Waals surface area contributed by atoms with Crippen LogP contribution >= 0.6 is 12.2 Å². The summed E-state index contributed by atoms with van der Waals surface area (Å²) in [5.74, 6) is 0.472. The second-order valence-corrected chi connectivity index (χ2v) is 4.04. The third-order valence-corrected chi connectivity index (χ3v) is 2.45. The molecule has 1 heterocycles. The van der Waals surface area contributed by atoms with E-state index in [4.69, 9.17) is 12.2 Å². The Kier molecular flexibility index (Phi) is 3.10. The second-order valence-electron chi connectivity index (χ2n) is 3.62. The van der Waals surface area contributed by atoms with Gasteiger partial charge < -0.3 is 4.98 Å². The van der Waals surface area contributed by atoms with Crippen molar-refractivity contribution in [2.45, 2.75) is 13.3 Å². The first-order chi connectivity index (χ1) is 7.65. The quantitative estimate of drug-likeness (QED) is 0.808. The first kappa shape index (κ1) is 11.0. The molecule has 2 nitrogen and oxygen atoms in total. The van der Waals surface area contributed by atoms with Crippen molar-refractivity contribution in [1.29, 1.82) is 0 Å². The number of hydrogen-bond acceptors (Lipinski definition) is 2. The van der Waals surface area contributed by atoms with Crippen LogP contribution in [0.1, 0.15) is 17.1 Å². The Labute approximate surface area is 98.2 Å². The Morgan fingerprint density at radius 1 is 1.38 bits per heavy atom. The number of rotatable bonds is 2. The zero-order valence-corrected chi connectivity index (χ0v) is 9.64. The summed E-state index contributed by atoms with van der Waals surface area (Å²) in [7, 11) is 0. The Bertz CT molecular complexity index is 563. The van der Waals surface area contributed by atoms with Gasteiger partial charge in [0, 0.05) is 12.1 Å². The predicted octanol–water partition coefficient (Wildman–Crippen LogP) is 3.18. The molecular weight excluding hydrogens is 223 g/mol. The minimum atomic E-state index is -0.217. The molecule has 0 radical (unpaired) electrons. The number of nitrogens with one attached hydrogen (secondary N) is 1. The molecule has 0 amide bonds. The standard InChI is InChI=1S/C12H11FN2S/c1-8-6-12(16)15-11(14-8)7-9-4-2-3-5-10(9)13/h2-6H,7H2,1H3,(H,14,15,16). The average Bonchev–Trinajstić information content (AvgIpc) is 2.20. The van der Waals surface area contributed by atoms with Crippen LogP contribution in [0.5, 0.6) is 0 Å². The summed E-state index contributed by atoms with van der Waals surface area (Å²) in [6.07, 6.45) is 0.429. The van der Waals surface area contributed by atoms with E-state index in [0.29, 0.717) is 22.4 Å². The van der Waals surface area contributed by atoms with Crippen LogP contribution in [0.4, 0.5) is 4.39 Å². The maximum absolute atomic E-state index is 13.4. The van der Waals surface area contributed by atoms with Crippen molar-refractivity contribution in [2.24, 2.45) is 0 Å². The molecule has 0 aliphatic carbocycles. The van der Waals surface area contributed by atoms with Crippen LogP contribution in [0.2, 0.25) is 0 Å². The van der Waals surface area contributed by atoms with E-state index < -0.39 is 0 Å². The summed E-state index contributed by atoms with van der Waals surface area (Å²) in [5, 5.41) is 0. The van der Waals surface area contributed by atoms with Gasteiger partial charge in [-0.05, 0) is 24.6 Å². The molecule has 0 bridgehead atoms. The van der Waals surface area contributed by atoms with E-state index in [9.17, 15) is 4.39 Å². The molecule has 16 heavy (non-hydrogen) atoms. The van der Waals surface area contributed by atoms with Crippen molar-refractivity contribution in [3.63, 3.8) is 0 Å². The number of aryl methyl sites for hydroxylation is 1. The van der Waals surface area contributed by atoms with Crippen molar-refractivity contribution in [3.05, 3.63) is 57.9 Å². The number of nitrogens with zero attached hydrogens (tertiary/aromatic N) is 1. The first-order valence-corrected chi connectivity index (χ1v) is 5.36. The van der Waals surface area contributed by atoms with E-state index in [-0.39, 0.29) is 5.82 Å². The van der Waals surface area contributed by atoms with E-state index in [1.165, 1.54) is 6.07 Å². The van der Waals surface area contributed by atoms with Crippen molar-refractivity contribution in [1.82, 2.24) is 9.97 Å². The molecule has 0 atom stereocenters. The van der Waals surface area contributed by atoms with Gasteiger partial charge in [-0.15, -0.1) is 0 Å². The topological polar surface area (TPSA) is 28.7 Å². The van der Waals surface area contributed by atoms with Crippen LogP contribution in [-0.2, 0) is 6.42 Å². The van der Waals surface area contributed by atoms with Crippen molar-refractivity contribution in [3.8, 4) is 0 Å². The maximum atomic E-state index is 13.4. The van der Waals surface area contributed by atoms with Gasteiger partial charge in [0.1, 0.15) is 16.3 Å². The predicted molar refractivity (Wildman–Crippen MR) is 63.4 cm³/mol. The minimum Gasteiger partial charge on any atom is -0.347 e. The molecule has 1 N–H and O–H groups in total. The van der Waals surface area contributed by atoms with Gasteiger partial charge in [0.15, 0.2) is 0 Å². The van der Waals surface area contributed by atoms with E-state index in [2.05, 4.69) is 9.97 Å². The van der Waals surface area contributed by atoms with Crippen LogP contribution < -0.4 is 0 Å². The van der Waals surface area contributed by atoms with Crippen LogP contribution in [0.25, 0.3) is 0 Å². The largest absolute Gasteiger partial charge is 0.347 e. The fourth-order valence-corrected chi connectivity index (χ4v) is 1.83. The SMILES string of the molecule is Cc1cc(=S)nc(Cc2ccccc2F)[nH]1. The molecule has 1 aromatic carbocycles. The van der Waals surface area contributed by atoms with Gasteiger partial charge in [-0.25, -0.2) is 9.37 Å². The van der Waals surface area contributed by atoms with Gasteiger partial charge in [0.05, 0.1) is 0 Å². The lowest BCUT2D eigenvalue weighted by atomic mass is 10.1. The zero-order valence-electron chi connectivity index (χ0n) is 8.83. The number of hydrogen-bond donors (Lipinski definition) is 1. The van der Waals surface area contributed by atoms with Gasteiger partial charge in [0.25, 0.3) is 0 Å². The lowest BCUT2D eigenvalue weighted by Crippen LogP contribution is -2.00. The molecule has 0 saturated heterocycles. The summed E-state index contributed by atoms with van der Waals surface area (Å²) in [6.45, 7) is 1.91. The van der Waals surface area contributed by atoms with E-state index in [1.54, 1.807) is 18.2 Å². The third-order valence-electron chi connectivity index (χ3n) is 2.24. The molecule has 2 rings (SSSR count). The van der Waals surface area contributed by atoms with Gasteiger partial charge in [-0.2, -0.15) is 0 Å². The third kappa shape index (κ3) is 2.52. The Morgan fingerprint density at radius 3 is 2.81 bits per heavy atom. The van der Waals surface area contributed by atoms with Crippen molar-refractivity contribution >= 4 is 12.2 Å². The molecule has 0 unspecified atom stereocenters. The number of aromatic amines is 1. The summed E-state index contributed by atoms with van der Waals surface area (Å²) >= 11 is 5.01. The number of H-pyrrole nitrogens is 1. The first-order valence-electron chi connectivity index (χ1n) is 4.95. The fraction of sp³-hybridized carbons (Fsp3) is 0.167. The highest BCUT2D eigenvalue weighted by Crippen LogP contribution is 2.10. The normalized spacial score (nSPS) is 10.4. The molecule has 4 heteroatoms. The summed E-state index contributed by atoms with van der Waals surface area (Å²) in [5.41, 5.74) is 1.55. The molecular formula is C12H11FN2S. The average molecular weight is 234 g/mol. The number of aromatic nitrogens is 2. The Balaban J connectivity index is 2.34. The van der Waals surface area contributed by atoms with Gasteiger partial charge in [-0.3, -0.25) is 0 Å². The molecule has 2 aromatic rings. The molecule has 0 saturated carbocycles. The van der Waals surface area contributed by atoms with E-state index in [1.807, 2.05) is 13.0 Å². The van der Waals surface area contributed by atoms with Gasteiger partial charge >= 0.3 is 0 Å². The number of benzene rings is 1. The monoisotopic (exact) mass is 234 g/mol. The highest BCUT2D eigenvalue weighted by atomic mass is 32.1. The molecule has 1 aromatic heterocycles. The summed E-state index contributed by atoms with van der Waals surface area (Å²) < 4.78 is 13.9. The smallest absolute Gasteiger partial charge is 0.129 e. The second kappa shape index (κ2) is 4.53. The minimum absolute atomic E-state index is 0.217. The van der Waals surface area contributed by atoms with Crippen molar-refractivity contribution < 1.29 is 4.39 Å². The van der Waals surface area contributed by atoms with Crippen molar-refractivity contribution in [2.75, 3.05) is 0 Å². The summed E-state index contributed by atoms with van der Waals surface area (Å²) in [6, 6.07) is 8.45. The van der Waals surface area contributed by atoms with Crippen LogP contribution in [0.3, 0.4) is 0 Å². The lowest BCUT2D eigenvalue weighted by Gasteiger charge is -2.04. The van der Waals surface area contributed by atoms with Crippen LogP contribution in [-0.4, -0.2) is 9.97 Å². The summed E-state index contributed by atoms with van der Waals surface area (Å²) in [4.78, 5) is 7.24. The van der Waals surface area contributed by atoms with Crippen LogP contribution in [0, 0.1) is 17.4 Å². The zero-order chi connectivity index (χ0) is 11.5. The lowest BCUT2D eigenvalue weighted by molar-refractivity contribution is 0.612. The Hall–Kier alpha value is -1.55. The molecule has 82 valence electrons. The van der Waals surface area contributed by atoms with Gasteiger partial charge in [-0.1, -0.05) is 30.4 Å².